The number of carbonyl (C=O) groups excluding carboxylic acids is 2. The van der Waals surface area contributed by atoms with Crippen LogP contribution in [0.15, 0.2) is 24.5 Å². The Morgan fingerprint density at radius 1 is 1.23 bits per heavy atom. The summed E-state index contributed by atoms with van der Waals surface area (Å²) in [5.74, 6) is 0.200. The number of amides is 2. The van der Waals surface area contributed by atoms with Crippen LogP contribution in [0.25, 0.3) is 0 Å². The van der Waals surface area contributed by atoms with E-state index in [1.54, 1.807) is 11.0 Å². The van der Waals surface area contributed by atoms with Crippen molar-refractivity contribution in [2.24, 2.45) is 5.92 Å². The number of halogens is 1. The van der Waals surface area contributed by atoms with Crippen molar-refractivity contribution in [1.82, 2.24) is 25.0 Å². The average Bonchev–Trinajstić information content (AvgIpc) is 3.00. The lowest BCUT2D eigenvalue weighted by molar-refractivity contribution is -0.127. The van der Waals surface area contributed by atoms with Crippen LogP contribution >= 0.6 is 11.6 Å². The summed E-state index contributed by atoms with van der Waals surface area (Å²) in [6.07, 6.45) is 6.15. The summed E-state index contributed by atoms with van der Waals surface area (Å²) in [7, 11) is 0. The van der Waals surface area contributed by atoms with Gasteiger partial charge in [0.15, 0.2) is 0 Å². The van der Waals surface area contributed by atoms with Gasteiger partial charge in [-0.15, -0.1) is 0 Å². The minimum atomic E-state index is -0.0905. The van der Waals surface area contributed by atoms with Gasteiger partial charge < -0.3 is 10.2 Å². The Hall–Kier alpha value is -2.41. The molecule has 0 unspecified atom stereocenters. The molecular weight excluding hydrogens is 354 g/mol. The van der Waals surface area contributed by atoms with E-state index in [9.17, 15) is 9.59 Å². The molecule has 4 rings (SSSR count). The van der Waals surface area contributed by atoms with Crippen molar-refractivity contribution in [2.45, 2.75) is 38.9 Å². The van der Waals surface area contributed by atoms with Crippen LogP contribution in [0.5, 0.6) is 0 Å². The predicted octanol–water partition coefficient (Wildman–Crippen LogP) is 2.00. The number of nitrogens with zero attached hydrogens (tertiary/aromatic N) is 4. The molecule has 2 aromatic rings. The van der Waals surface area contributed by atoms with Gasteiger partial charge in [0.05, 0.1) is 41.6 Å². The first-order chi connectivity index (χ1) is 12.6. The highest BCUT2D eigenvalue weighted by atomic mass is 35.5. The molecule has 1 aliphatic carbocycles. The maximum atomic E-state index is 12.6. The quantitative estimate of drug-likeness (QED) is 0.888. The largest absolute Gasteiger partial charge is 0.350 e. The van der Waals surface area contributed by atoms with Crippen molar-refractivity contribution in [3.8, 4) is 0 Å². The van der Waals surface area contributed by atoms with Crippen LogP contribution in [0.2, 0.25) is 5.02 Å². The third kappa shape index (κ3) is 3.44. The van der Waals surface area contributed by atoms with Crippen LogP contribution in [0, 0.1) is 5.92 Å². The summed E-state index contributed by atoms with van der Waals surface area (Å²) >= 11 is 5.93. The zero-order valence-corrected chi connectivity index (χ0v) is 15.1. The van der Waals surface area contributed by atoms with Gasteiger partial charge in [-0.25, -0.2) is 0 Å². The number of carbonyl (C=O) groups is 2. The molecule has 2 aromatic heterocycles. The van der Waals surface area contributed by atoms with Crippen LogP contribution in [0.3, 0.4) is 0 Å². The molecule has 0 bridgehead atoms. The van der Waals surface area contributed by atoms with Gasteiger partial charge >= 0.3 is 0 Å². The molecule has 2 amide bonds. The maximum absolute atomic E-state index is 12.6. The molecule has 1 aliphatic heterocycles. The molecule has 136 valence electrons. The number of fused-ring (bicyclic) bond motifs is 1. The van der Waals surface area contributed by atoms with Crippen molar-refractivity contribution in [2.75, 3.05) is 6.54 Å². The Kier molecular flexibility index (Phi) is 4.63. The second-order valence-corrected chi connectivity index (χ2v) is 7.25. The lowest BCUT2D eigenvalue weighted by atomic mass is 9.85. The molecule has 26 heavy (non-hydrogen) atoms. The summed E-state index contributed by atoms with van der Waals surface area (Å²) in [6, 6.07) is 3.58. The lowest BCUT2D eigenvalue weighted by Crippen LogP contribution is -2.38. The van der Waals surface area contributed by atoms with E-state index in [-0.39, 0.29) is 17.7 Å². The Labute approximate surface area is 156 Å². The van der Waals surface area contributed by atoms with E-state index in [1.807, 2.05) is 10.7 Å². The van der Waals surface area contributed by atoms with Gasteiger partial charge in [-0.1, -0.05) is 18.0 Å². The number of hydrogen-bond donors (Lipinski definition) is 1. The normalized spacial score (nSPS) is 16.7. The van der Waals surface area contributed by atoms with Crippen LogP contribution in [-0.2, 0) is 24.4 Å². The van der Waals surface area contributed by atoms with Crippen LogP contribution in [0.4, 0.5) is 0 Å². The fourth-order valence-electron chi connectivity index (χ4n) is 3.29. The Morgan fingerprint density at radius 3 is 2.81 bits per heavy atom. The Bertz CT molecular complexity index is 846. The molecule has 1 saturated carbocycles. The molecule has 0 spiro atoms. The number of hydrogen-bond acceptors (Lipinski definition) is 4. The first kappa shape index (κ1) is 17.0. The van der Waals surface area contributed by atoms with Gasteiger partial charge in [-0.2, -0.15) is 5.10 Å². The maximum Gasteiger partial charge on any atom is 0.255 e. The molecule has 3 heterocycles. The van der Waals surface area contributed by atoms with Crippen molar-refractivity contribution >= 4 is 23.4 Å². The van der Waals surface area contributed by atoms with Gasteiger partial charge in [0.25, 0.3) is 5.91 Å². The Balaban J connectivity index is 1.40. The molecule has 7 nitrogen and oxygen atoms in total. The molecule has 0 aromatic carbocycles. The standard InChI is InChI=1S/C18H20ClN5O2/c19-14-6-13(8-20-9-14)18(26)23-4-5-24-16(11-23)7-15(22-24)10-21-17(25)12-2-1-3-12/h6-9,12H,1-5,10-11H2,(H,21,25). The molecular formula is C18H20ClN5O2. The second-order valence-electron chi connectivity index (χ2n) is 6.81. The van der Waals surface area contributed by atoms with Gasteiger partial charge in [-0.3, -0.25) is 19.3 Å². The molecule has 2 aliphatic rings. The summed E-state index contributed by atoms with van der Waals surface area (Å²) < 4.78 is 1.91. The fourth-order valence-corrected chi connectivity index (χ4v) is 3.46. The minimum absolute atomic E-state index is 0.0905. The van der Waals surface area contributed by atoms with E-state index < -0.39 is 0 Å². The van der Waals surface area contributed by atoms with Crippen molar-refractivity contribution in [3.05, 3.63) is 46.5 Å². The molecule has 0 radical (unpaired) electrons. The van der Waals surface area contributed by atoms with Crippen LogP contribution < -0.4 is 5.32 Å². The average molecular weight is 374 g/mol. The lowest BCUT2D eigenvalue weighted by Gasteiger charge is -2.27. The smallest absolute Gasteiger partial charge is 0.255 e. The van der Waals surface area contributed by atoms with E-state index in [0.717, 1.165) is 30.7 Å². The Morgan fingerprint density at radius 2 is 2.08 bits per heavy atom. The van der Waals surface area contributed by atoms with E-state index in [4.69, 9.17) is 11.6 Å². The first-order valence-corrected chi connectivity index (χ1v) is 9.21. The number of rotatable bonds is 4. The summed E-state index contributed by atoms with van der Waals surface area (Å²) in [5.41, 5.74) is 2.28. The fraction of sp³-hybridized carbons (Fsp3) is 0.444. The highest BCUT2D eigenvalue weighted by Crippen LogP contribution is 2.26. The van der Waals surface area contributed by atoms with E-state index >= 15 is 0 Å². The molecule has 0 atom stereocenters. The number of nitrogens with one attached hydrogen (secondary N) is 1. The zero-order chi connectivity index (χ0) is 18.1. The van der Waals surface area contributed by atoms with Crippen molar-refractivity contribution < 1.29 is 9.59 Å². The van der Waals surface area contributed by atoms with Gasteiger partial charge in [0.2, 0.25) is 5.91 Å². The SMILES string of the molecule is O=C(NCc1cc2n(n1)CCN(C(=O)c1cncc(Cl)c1)C2)C1CCC1. The van der Waals surface area contributed by atoms with Crippen molar-refractivity contribution in [3.63, 3.8) is 0 Å². The van der Waals surface area contributed by atoms with Crippen LogP contribution in [0.1, 0.15) is 41.0 Å². The monoisotopic (exact) mass is 373 g/mol. The highest BCUT2D eigenvalue weighted by Gasteiger charge is 2.26. The summed E-state index contributed by atoms with van der Waals surface area (Å²) in [6.45, 7) is 2.12. The molecule has 0 saturated heterocycles. The minimum Gasteiger partial charge on any atom is -0.350 e. The third-order valence-electron chi connectivity index (χ3n) is 5.01. The molecule has 1 fully saturated rings. The van der Waals surface area contributed by atoms with E-state index in [1.165, 1.54) is 12.4 Å². The summed E-state index contributed by atoms with van der Waals surface area (Å²) in [4.78, 5) is 30.3. The molecule has 1 N–H and O–H groups in total. The van der Waals surface area contributed by atoms with Gasteiger partial charge in [-0.05, 0) is 25.0 Å². The summed E-state index contributed by atoms with van der Waals surface area (Å²) in [5, 5.41) is 7.94. The van der Waals surface area contributed by atoms with Crippen LogP contribution in [-0.4, -0.2) is 38.0 Å². The van der Waals surface area contributed by atoms with Gasteiger partial charge in [0, 0.05) is 24.9 Å². The second kappa shape index (κ2) is 7.07. The van der Waals surface area contributed by atoms with E-state index in [2.05, 4.69) is 15.4 Å². The highest BCUT2D eigenvalue weighted by molar-refractivity contribution is 6.30. The molecule has 8 heteroatoms. The predicted molar refractivity (Wildman–Crippen MR) is 95.4 cm³/mol. The zero-order valence-electron chi connectivity index (χ0n) is 14.3. The topological polar surface area (TPSA) is 80.1 Å². The van der Waals surface area contributed by atoms with E-state index in [0.29, 0.717) is 36.8 Å². The van der Waals surface area contributed by atoms with Gasteiger partial charge in [0.1, 0.15) is 0 Å². The third-order valence-corrected chi connectivity index (χ3v) is 5.21. The van der Waals surface area contributed by atoms with Crippen molar-refractivity contribution in [1.29, 1.82) is 0 Å². The first-order valence-electron chi connectivity index (χ1n) is 8.83. The number of aromatic nitrogens is 3. The number of pyridine rings is 1.